The van der Waals surface area contributed by atoms with E-state index in [9.17, 15) is 4.79 Å². The van der Waals surface area contributed by atoms with E-state index in [0.29, 0.717) is 6.42 Å². The van der Waals surface area contributed by atoms with Gasteiger partial charge < -0.3 is 10.0 Å². The van der Waals surface area contributed by atoms with Crippen LogP contribution < -0.4 is 0 Å². The summed E-state index contributed by atoms with van der Waals surface area (Å²) in [6.07, 6.45) is 4.81. The Kier molecular flexibility index (Phi) is 4.97. The third-order valence-corrected chi connectivity index (χ3v) is 3.98. The first-order valence-corrected chi connectivity index (χ1v) is 7.27. The molecule has 1 aliphatic heterocycles. The minimum absolute atomic E-state index is 0.135. The van der Waals surface area contributed by atoms with Crippen LogP contribution in [0.5, 0.6) is 0 Å². The molecule has 3 nitrogen and oxygen atoms in total. The van der Waals surface area contributed by atoms with Crippen molar-refractivity contribution in [2.45, 2.75) is 45.1 Å². The zero-order valence-electron chi connectivity index (χ0n) is 11.6. The van der Waals surface area contributed by atoms with E-state index in [0.717, 1.165) is 43.4 Å². The second-order valence-corrected chi connectivity index (χ2v) is 5.17. The van der Waals surface area contributed by atoms with Gasteiger partial charge in [-0.1, -0.05) is 25.1 Å². The Bertz CT molecular complexity index is 429. The maximum absolute atomic E-state index is 12.7. The van der Waals surface area contributed by atoms with Gasteiger partial charge in [0.15, 0.2) is 0 Å². The van der Waals surface area contributed by atoms with Crippen molar-refractivity contribution in [1.29, 1.82) is 0 Å². The van der Waals surface area contributed by atoms with E-state index in [1.54, 1.807) is 0 Å². The summed E-state index contributed by atoms with van der Waals surface area (Å²) in [5, 5.41) is 9.15. The smallest absolute Gasteiger partial charge is 0.254 e. The zero-order valence-corrected chi connectivity index (χ0v) is 11.6. The Morgan fingerprint density at radius 2 is 2.16 bits per heavy atom. The molecule has 1 aromatic carbocycles. The van der Waals surface area contributed by atoms with Crippen molar-refractivity contribution in [3.05, 3.63) is 35.4 Å². The molecule has 19 heavy (non-hydrogen) atoms. The summed E-state index contributed by atoms with van der Waals surface area (Å²) < 4.78 is 0. The van der Waals surface area contributed by atoms with E-state index in [1.807, 2.05) is 29.2 Å². The minimum Gasteiger partial charge on any atom is -0.396 e. The van der Waals surface area contributed by atoms with Crippen LogP contribution in [0.3, 0.4) is 0 Å². The highest BCUT2D eigenvalue weighted by Gasteiger charge is 2.27. The van der Waals surface area contributed by atoms with Crippen LogP contribution in [-0.4, -0.2) is 35.1 Å². The number of carbonyl (C=O) groups is 1. The lowest BCUT2D eigenvalue weighted by Gasteiger charge is -2.36. The molecule has 0 spiro atoms. The number of hydrogen-bond donors (Lipinski definition) is 1. The van der Waals surface area contributed by atoms with Crippen molar-refractivity contribution < 1.29 is 9.90 Å². The molecule has 0 saturated carbocycles. The largest absolute Gasteiger partial charge is 0.396 e. The lowest BCUT2D eigenvalue weighted by Crippen LogP contribution is -2.44. The zero-order chi connectivity index (χ0) is 13.7. The molecule has 0 bridgehead atoms. The maximum Gasteiger partial charge on any atom is 0.254 e. The third kappa shape index (κ3) is 3.16. The Labute approximate surface area is 115 Å². The molecule has 1 N–H and O–H groups in total. The van der Waals surface area contributed by atoms with Gasteiger partial charge in [-0.3, -0.25) is 4.79 Å². The van der Waals surface area contributed by atoms with Crippen LogP contribution >= 0.6 is 0 Å². The van der Waals surface area contributed by atoms with Crippen molar-refractivity contribution in [2.75, 3.05) is 13.2 Å². The Balaban J connectivity index is 2.21. The van der Waals surface area contributed by atoms with E-state index < -0.39 is 0 Å². The number of benzene rings is 1. The summed E-state index contributed by atoms with van der Waals surface area (Å²) in [7, 11) is 0. The summed E-state index contributed by atoms with van der Waals surface area (Å²) in [6.45, 7) is 3.05. The number of aryl methyl sites for hydroxylation is 1. The molecule has 1 aromatic rings. The lowest BCUT2D eigenvalue weighted by molar-refractivity contribution is 0.0573. The number of hydrogen-bond acceptors (Lipinski definition) is 2. The van der Waals surface area contributed by atoms with Crippen LogP contribution in [0.2, 0.25) is 0 Å². The molecule has 1 atom stereocenters. The van der Waals surface area contributed by atoms with Gasteiger partial charge in [0.2, 0.25) is 0 Å². The summed E-state index contributed by atoms with van der Waals surface area (Å²) >= 11 is 0. The van der Waals surface area contributed by atoms with Crippen LogP contribution in [0.1, 0.15) is 48.5 Å². The van der Waals surface area contributed by atoms with E-state index in [-0.39, 0.29) is 18.6 Å². The van der Waals surface area contributed by atoms with Crippen molar-refractivity contribution in [1.82, 2.24) is 4.90 Å². The molecule has 2 rings (SSSR count). The molecular weight excluding hydrogens is 238 g/mol. The highest BCUT2D eigenvalue weighted by Crippen LogP contribution is 2.23. The van der Waals surface area contributed by atoms with Crippen molar-refractivity contribution in [2.24, 2.45) is 0 Å². The number of aliphatic hydroxyl groups excluding tert-OH is 1. The van der Waals surface area contributed by atoms with E-state index in [1.165, 1.54) is 0 Å². The Morgan fingerprint density at radius 1 is 1.37 bits per heavy atom. The topological polar surface area (TPSA) is 40.5 Å². The molecule has 1 heterocycles. The number of piperidine rings is 1. The second-order valence-electron chi connectivity index (χ2n) is 5.17. The fraction of sp³-hybridized carbons (Fsp3) is 0.562. The number of nitrogens with zero attached hydrogens (tertiary/aromatic N) is 1. The predicted molar refractivity (Wildman–Crippen MR) is 76.2 cm³/mol. The van der Waals surface area contributed by atoms with E-state index in [4.69, 9.17) is 5.11 Å². The SMILES string of the molecule is CCc1ccccc1C(=O)N1CCCCC1CCO. The number of carbonyl (C=O) groups excluding carboxylic acids is 1. The van der Waals surface area contributed by atoms with Gasteiger partial charge >= 0.3 is 0 Å². The van der Waals surface area contributed by atoms with Crippen LogP contribution in [0, 0.1) is 0 Å². The van der Waals surface area contributed by atoms with Gasteiger partial charge in [-0.25, -0.2) is 0 Å². The summed E-state index contributed by atoms with van der Waals surface area (Å²) in [6, 6.07) is 8.06. The molecule has 0 radical (unpaired) electrons. The van der Waals surface area contributed by atoms with Gasteiger partial charge in [0.25, 0.3) is 5.91 Å². The molecule has 1 amide bonds. The second kappa shape index (κ2) is 6.71. The van der Waals surface area contributed by atoms with Crippen LogP contribution in [-0.2, 0) is 6.42 Å². The van der Waals surface area contributed by atoms with Crippen molar-refractivity contribution in [3.63, 3.8) is 0 Å². The molecule has 0 aliphatic carbocycles. The van der Waals surface area contributed by atoms with Crippen molar-refractivity contribution in [3.8, 4) is 0 Å². The van der Waals surface area contributed by atoms with Gasteiger partial charge in [0, 0.05) is 24.8 Å². The molecule has 0 aromatic heterocycles. The van der Waals surface area contributed by atoms with Gasteiger partial charge in [-0.05, 0) is 43.7 Å². The van der Waals surface area contributed by atoms with Gasteiger partial charge in [0.05, 0.1) is 0 Å². The third-order valence-electron chi connectivity index (χ3n) is 3.98. The van der Waals surface area contributed by atoms with Gasteiger partial charge in [0.1, 0.15) is 0 Å². The Morgan fingerprint density at radius 3 is 2.89 bits per heavy atom. The van der Waals surface area contributed by atoms with E-state index >= 15 is 0 Å². The van der Waals surface area contributed by atoms with E-state index in [2.05, 4.69) is 6.92 Å². The van der Waals surface area contributed by atoms with Crippen molar-refractivity contribution >= 4 is 5.91 Å². The van der Waals surface area contributed by atoms with Gasteiger partial charge in [-0.15, -0.1) is 0 Å². The molecule has 3 heteroatoms. The average molecular weight is 261 g/mol. The molecule has 104 valence electrons. The number of amides is 1. The first-order chi connectivity index (χ1) is 9.27. The molecule has 1 aliphatic rings. The number of aliphatic hydroxyl groups is 1. The molecular formula is C16H23NO2. The number of rotatable bonds is 4. The minimum atomic E-state index is 0.135. The fourth-order valence-corrected chi connectivity index (χ4v) is 2.91. The lowest BCUT2D eigenvalue weighted by atomic mass is 9.97. The maximum atomic E-state index is 12.7. The summed E-state index contributed by atoms with van der Waals surface area (Å²) in [5.74, 6) is 0.135. The van der Waals surface area contributed by atoms with Crippen LogP contribution in [0.15, 0.2) is 24.3 Å². The molecule has 1 unspecified atom stereocenters. The average Bonchev–Trinajstić information content (AvgIpc) is 2.47. The highest BCUT2D eigenvalue weighted by molar-refractivity contribution is 5.96. The first kappa shape index (κ1) is 14.1. The fourth-order valence-electron chi connectivity index (χ4n) is 2.91. The summed E-state index contributed by atoms with van der Waals surface area (Å²) in [5.41, 5.74) is 1.94. The highest BCUT2D eigenvalue weighted by atomic mass is 16.3. The quantitative estimate of drug-likeness (QED) is 0.905. The molecule has 1 saturated heterocycles. The predicted octanol–water partition coefficient (Wildman–Crippen LogP) is 2.63. The molecule has 1 fully saturated rings. The normalized spacial score (nSPS) is 19.5. The summed E-state index contributed by atoms with van der Waals surface area (Å²) in [4.78, 5) is 14.7. The number of likely N-dealkylation sites (tertiary alicyclic amines) is 1. The first-order valence-electron chi connectivity index (χ1n) is 7.27. The van der Waals surface area contributed by atoms with Crippen LogP contribution in [0.4, 0.5) is 0 Å². The monoisotopic (exact) mass is 261 g/mol. The van der Waals surface area contributed by atoms with Gasteiger partial charge in [-0.2, -0.15) is 0 Å². The standard InChI is InChI=1S/C16H23NO2/c1-2-13-7-3-4-9-15(13)16(19)17-11-6-5-8-14(17)10-12-18/h3-4,7,9,14,18H,2,5-6,8,10-12H2,1H3. The Hall–Kier alpha value is -1.35. The van der Waals surface area contributed by atoms with Crippen LogP contribution in [0.25, 0.3) is 0 Å².